The molecule has 2 rings (SSSR count). The maximum absolute atomic E-state index is 12.4. The van der Waals surface area contributed by atoms with Crippen molar-refractivity contribution in [3.8, 4) is 11.5 Å². The van der Waals surface area contributed by atoms with Gasteiger partial charge in [-0.1, -0.05) is 19.9 Å². The van der Waals surface area contributed by atoms with Crippen molar-refractivity contribution in [3.05, 3.63) is 34.8 Å². The van der Waals surface area contributed by atoms with Crippen molar-refractivity contribution < 1.29 is 19.1 Å². The van der Waals surface area contributed by atoms with Crippen molar-refractivity contribution in [2.45, 2.75) is 53.2 Å². The first-order valence-corrected chi connectivity index (χ1v) is 10.5. The molecule has 0 spiro atoms. The molecule has 0 saturated carbocycles. The summed E-state index contributed by atoms with van der Waals surface area (Å²) in [4.78, 5) is 28.5. The highest BCUT2D eigenvalue weighted by Gasteiger charge is 2.16. The van der Waals surface area contributed by atoms with E-state index in [0.717, 1.165) is 5.56 Å². The van der Waals surface area contributed by atoms with Crippen LogP contribution in [0.3, 0.4) is 0 Å². The first-order chi connectivity index (χ1) is 13.7. The zero-order valence-electron chi connectivity index (χ0n) is 17.7. The van der Waals surface area contributed by atoms with Crippen LogP contribution in [-0.2, 0) is 16.0 Å². The molecule has 0 saturated heterocycles. The summed E-state index contributed by atoms with van der Waals surface area (Å²) in [6, 6.07) is 5.42. The fraction of sp³-hybridized carbons (Fsp3) is 0.476. The molecule has 1 aromatic carbocycles. The normalized spacial score (nSPS) is 12.0. The Balaban J connectivity index is 1.97. The molecule has 1 atom stereocenters. The second-order valence-corrected chi connectivity index (χ2v) is 8.19. The predicted octanol–water partition coefficient (Wildman–Crippen LogP) is 3.95. The maximum atomic E-state index is 12.4. The van der Waals surface area contributed by atoms with Crippen LogP contribution in [0.5, 0.6) is 11.5 Å². The summed E-state index contributed by atoms with van der Waals surface area (Å²) in [6.45, 7) is 9.44. The summed E-state index contributed by atoms with van der Waals surface area (Å²) in [6.07, 6.45) is 0.185. The number of nitrogens with one attached hydrogen (secondary N) is 2. The number of amides is 2. The Morgan fingerprint density at radius 3 is 2.48 bits per heavy atom. The molecule has 0 aliphatic carbocycles. The van der Waals surface area contributed by atoms with Crippen LogP contribution in [-0.4, -0.2) is 30.0 Å². The molecule has 7 nitrogen and oxygen atoms in total. The number of hydrogen-bond acceptors (Lipinski definition) is 6. The zero-order valence-corrected chi connectivity index (χ0v) is 18.6. The van der Waals surface area contributed by atoms with Gasteiger partial charge in [0, 0.05) is 11.3 Å². The van der Waals surface area contributed by atoms with Gasteiger partial charge in [0.05, 0.1) is 31.4 Å². The molecule has 29 heavy (non-hydrogen) atoms. The van der Waals surface area contributed by atoms with E-state index in [4.69, 9.17) is 9.47 Å². The van der Waals surface area contributed by atoms with Crippen molar-refractivity contribution in [2.24, 2.45) is 5.92 Å². The lowest BCUT2D eigenvalue weighted by atomic mass is 10.1. The number of ether oxygens (including phenoxy) is 2. The van der Waals surface area contributed by atoms with Crippen LogP contribution in [0.2, 0.25) is 0 Å². The highest BCUT2D eigenvalue weighted by atomic mass is 32.1. The maximum Gasteiger partial charge on any atom is 0.228 e. The molecule has 0 aliphatic heterocycles. The van der Waals surface area contributed by atoms with E-state index in [2.05, 4.69) is 15.6 Å². The van der Waals surface area contributed by atoms with Gasteiger partial charge in [0.1, 0.15) is 0 Å². The van der Waals surface area contributed by atoms with Gasteiger partial charge in [-0.05, 0) is 38.5 Å². The van der Waals surface area contributed by atoms with Crippen molar-refractivity contribution in [1.29, 1.82) is 0 Å². The van der Waals surface area contributed by atoms with Crippen molar-refractivity contribution >= 4 is 28.3 Å². The Bertz CT molecular complexity index is 848. The quantitative estimate of drug-likeness (QED) is 0.642. The van der Waals surface area contributed by atoms with Gasteiger partial charge in [0.2, 0.25) is 11.8 Å². The molecule has 0 radical (unpaired) electrons. The number of nitrogens with zero attached hydrogens (tertiary/aromatic N) is 1. The monoisotopic (exact) mass is 419 g/mol. The molecule has 0 fully saturated rings. The van der Waals surface area contributed by atoms with E-state index in [9.17, 15) is 9.59 Å². The molecule has 1 aromatic heterocycles. The smallest absolute Gasteiger partial charge is 0.228 e. The van der Waals surface area contributed by atoms with Crippen LogP contribution in [0.15, 0.2) is 23.6 Å². The Morgan fingerprint density at radius 2 is 1.86 bits per heavy atom. The summed E-state index contributed by atoms with van der Waals surface area (Å²) in [5.74, 6) is 0.931. The number of carbonyl (C=O) groups is 2. The molecule has 2 N–H and O–H groups in total. The van der Waals surface area contributed by atoms with E-state index in [1.807, 2.05) is 52.8 Å². The van der Waals surface area contributed by atoms with Crippen LogP contribution in [0, 0.1) is 5.92 Å². The molecule has 158 valence electrons. The van der Waals surface area contributed by atoms with Gasteiger partial charge in [-0.3, -0.25) is 9.59 Å². The molecule has 2 amide bonds. The average molecular weight is 420 g/mol. The topological polar surface area (TPSA) is 89.6 Å². The van der Waals surface area contributed by atoms with Crippen LogP contribution in [0.25, 0.3) is 0 Å². The number of aromatic nitrogens is 1. The number of anilines is 1. The lowest BCUT2D eigenvalue weighted by Crippen LogP contribution is -2.28. The minimum Gasteiger partial charge on any atom is -0.493 e. The summed E-state index contributed by atoms with van der Waals surface area (Å²) in [5, 5.41) is 7.99. The van der Waals surface area contributed by atoms with Gasteiger partial charge in [-0.2, -0.15) is 0 Å². The molecule has 1 heterocycles. The van der Waals surface area contributed by atoms with Crippen LogP contribution in [0.1, 0.15) is 51.9 Å². The van der Waals surface area contributed by atoms with Gasteiger partial charge >= 0.3 is 0 Å². The lowest BCUT2D eigenvalue weighted by molar-refractivity contribution is -0.121. The fourth-order valence-corrected chi connectivity index (χ4v) is 3.25. The number of methoxy groups -OCH3 is 1. The third-order valence-electron chi connectivity index (χ3n) is 4.08. The third kappa shape index (κ3) is 6.74. The third-order valence-corrected chi connectivity index (χ3v) is 4.88. The Morgan fingerprint density at radius 1 is 1.14 bits per heavy atom. The van der Waals surface area contributed by atoms with Crippen LogP contribution >= 0.6 is 11.3 Å². The number of benzene rings is 1. The summed E-state index contributed by atoms with van der Waals surface area (Å²) >= 11 is 1.31. The Hall–Kier alpha value is -2.61. The minimum absolute atomic E-state index is 0.0419. The fourth-order valence-electron chi connectivity index (χ4n) is 2.54. The molecule has 2 aromatic rings. The summed E-state index contributed by atoms with van der Waals surface area (Å²) < 4.78 is 11.1. The summed E-state index contributed by atoms with van der Waals surface area (Å²) in [7, 11) is 1.59. The van der Waals surface area contributed by atoms with Gasteiger partial charge in [0.25, 0.3) is 0 Å². The largest absolute Gasteiger partial charge is 0.493 e. The average Bonchev–Trinajstić information content (AvgIpc) is 3.07. The first kappa shape index (κ1) is 22.7. The van der Waals surface area contributed by atoms with Gasteiger partial charge < -0.3 is 20.1 Å². The molecule has 8 heteroatoms. The van der Waals surface area contributed by atoms with Gasteiger partial charge in [-0.25, -0.2) is 4.98 Å². The second kappa shape index (κ2) is 10.2. The number of hydrogen-bond donors (Lipinski definition) is 2. The van der Waals surface area contributed by atoms with Crippen molar-refractivity contribution in [1.82, 2.24) is 10.3 Å². The first-order valence-electron chi connectivity index (χ1n) is 9.58. The van der Waals surface area contributed by atoms with E-state index in [1.54, 1.807) is 12.5 Å². The zero-order chi connectivity index (χ0) is 21.6. The molecule has 0 aliphatic rings. The highest BCUT2D eigenvalue weighted by molar-refractivity contribution is 7.13. The predicted molar refractivity (Wildman–Crippen MR) is 115 cm³/mol. The Kier molecular flexibility index (Phi) is 8.01. The molecule has 1 unspecified atom stereocenters. The van der Waals surface area contributed by atoms with E-state index in [0.29, 0.717) is 22.3 Å². The van der Waals surface area contributed by atoms with E-state index < -0.39 is 0 Å². The summed E-state index contributed by atoms with van der Waals surface area (Å²) in [5.41, 5.74) is 1.53. The lowest BCUT2D eigenvalue weighted by Gasteiger charge is -2.18. The SMILES string of the molecule is COc1cc(C(C)NC(=O)Cc2csc(NC(=O)C(C)C)n2)ccc1OC(C)C. The standard InChI is InChI=1S/C21H29N3O4S/c1-12(2)20(26)24-21-23-16(11-29-21)10-19(25)22-14(5)15-7-8-17(28-13(3)4)18(9-15)27-6/h7-9,11-14H,10H2,1-6H3,(H,22,25)(H,23,24,26). The minimum atomic E-state index is -0.205. The molecular formula is C21H29N3O4S. The van der Waals surface area contributed by atoms with Crippen LogP contribution in [0.4, 0.5) is 5.13 Å². The molecular weight excluding hydrogens is 390 g/mol. The van der Waals surface area contributed by atoms with Crippen LogP contribution < -0.4 is 20.1 Å². The number of carbonyl (C=O) groups excluding carboxylic acids is 2. The van der Waals surface area contributed by atoms with Crippen molar-refractivity contribution in [2.75, 3.05) is 12.4 Å². The number of rotatable bonds is 9. The van der Waals surface area contributed by atoms with Crippen molar-refractivity contribution in [3.63, 3.8) is 0 Å². The van der Waals surface area contributed by atoms with Gasteiger partial charge in [-0.15, -0.1) is 11.3 Å². The van der Waals surface area contributed by atoms with E-state index >= 15 is 0 Å². The van der Waals surface area contributed by atoms with E-state index in [1.165, 1.54) is 11.3 Å². The number of thiazole rings is 1. The highest BCUT2D eigenvalue weighted by Crippen LogP contribution is 2.31. The molecule has 0 bridgehead atoms. The van der Waals surface area contributed by atoms with Gasteiger partial charge in [0.15, 0.2) is 16.6 Å². The second-order valence-electron chi connectivity index (χ2n) is 7.33. The Labute approximate surface area is 175 Å². The van der Waals surface area contributed by atoms with E-state index in [-0.39, 0.29) is 36.3 Å².